The molecule has 0 atom stereocenters. The minimum atomic E-state index is -0.444. The first-order valence-electron chi connectivity index (χ1n) is 9.41. The van der Waals surface area contributed by atoms with E-state index < -0.39 is 6.03 Å². The van der Waals surface area contributed by atoms with E-state index in [1.54, 1.807) is 46.4 Å². The van der Waals surface area contributed by atoms with Crippen LogP contribution in [0.15, 0.2) is 60.2 Å². The number of urea groups is 1. The molecular weight excluding hydrogens is 419 g/mol. The Kier molecular flexibility index (Phi) is 5.89. The van der Waals surface area contributed by atoms with Gasteiger partial charge >= 0.3 is 6.03 Å². The summed E-state index contributed by atoms with van der Waals surface area (Å²) in [5.41, 5.74) is 2.55. The maximum Gasteiger partial charge on any atom is 0.321 e. The van der Waals surface area contributed by atoms with Gasteiger partial charge in [0, 0.05) is 25.2 Å². The molecule has 10 heteroatoms. The highest BCUT2D eigenvalue weighted by molar-refractivity contribution is 7.13. The Hall–Kier alpha value is -3.79. The van der Waals surface area contributed by atoms with Crippen molar-refractivity contribution in [3.05, 3.63) is 82.9 Å². The summed E-state index contributed by atoms with van der Waals surface area (Å²) in [5, 5.41) is 11.7. The van der Waals surface area contributed by atoms with Crippen LogP contribution in [0.1, 0.15) is 21.6 Å². The first-order chi connectivity index (χ1) is 15.0. The number of halogens is 1. The third kappa shape index (κ3) is 4.86. The highest BCUT2D eigenvalue weighted by Crippen LogP contribution is 2.18. The number of fused-ring (bicyclic) bond motifs is 1. The average Bonchev–Trinajstić information content (AvgIpc) is 3.38. The molecular formula is C21H19FN6O2S. The van der Waals surface area contributed by atoms with Crippen LogP contribution in [0.4, 0.5) is 14.3 Å². The number of hydrogen-bond acceptors (Lipinski definition) is 5. The van der Waals surface area contributed by atoms with Crippen LogP contribution in [0.2, 0.25) is 0 Å². The van der Waals surface area contributed by atoms with Gasteiger partial charge < -0.3 is 10.2 Å². The van der Waals surface area contributed by atoms with E-state index in [0.29, 0.717) is 22.0 Å². The minimum Gasteiger partial charge on any atom is -0.336 e. The highest BCUT2D eigenvalue weighted by atomic mass is 32.1. The van der Waals surface area contributed by atoms with Crippen LogP contribution < -0.4 is 10.6 Å². The molecule has 0 saturated carbocycles. The van der Waals surface area contributed by atoms with Crippen molar-refractivity contribution in [2.75, 3.05) is 12.4 Å². The van der Waals surface area contributed by atoms with Crippen molar-refractivity contribution in [3.63, 3.8) is 0 Å². The number of rotatable bonds is 6. The third-order valence-electron chi connectivity index (χ3n) is 4.52. The standard InChI is InChI=1S/C21H19FN6O2S/c1-27(19(29)17-11-24-28-8-3-2-7-18(17)28)12-16-13-31-21(25-16)26-20(30)23-10-14-5-4-6-15(22)9-14/h2-9,11,13H,10,12H2,1H3,(H2,23,25,26,30). The molecule has 3 amide bonds. The maximum atomic E-state index is 13.2. The number of nitrogens with one attached hydrogen (secondary N) is 2. The van der Waals surface area contributed by atoms with Gasteiger partial charge in [-0.2, -0.15) is 5.10 Å². The SMILES string of the molecule is CN(Cc1csc(NC(=O)NCc2cccc(F)c2)n1)C(=O)c1cnn2ccccc12. The molecule has 1 aromatic carbocycles. The van der Waals surface area contributed by atoms with Crippen LogP contribution in [0.5, 0.6) is 0 Å². The lowest BCUT2D eigenvalue weighted by atomic mass is 10.2. The van der Waals surface area contributed by atoms with Crippen LogP contribution in [0, 0.1) is 5.82 Å². The van der Waals surface area contributed by atoms with Gasteiger partial charge in [-0.1, -0.05) is 18.2 Å². The van der Waals surface area contributed by atoms with Gasteiger partial charge in [-0.05, 0) is 29.8 Å². The fraction of sp³-hybridized carbons (Fsp3) is 0.143. The zero-order chi connectivity index (χ0) is 21.8. The van der Waals surface area contributed by atoms with E-state index in [4.69, 9.17) is 0 Å². The topological polar surface area (TPSA) is 91.6 Å². The predicted molar refractivity (Wildman–Crippen MR) is 115 cm³/mol. The van der Waals surface area contributed by atoms with Crippen molar-refractivity contribution in [2.24, 2.45) is 0 Å². The highest BCUT2D eigenvalue weighted by Gasteiger charge is 2.18. The van der Waals surface area contributed by atoms with Gasteiger partial charge in [-0.25, -0.2) is 18.7 Å². The summed E-state index contributed by atoms with van der Waals surface area (Å²) < 4.78 is 14.8. The van der Waals surface area contributed by atoms with E-state index in [0.717, 1.165) is 5.52 Å². The second-order valence-corrected chi connectivity index (χ2v) is 7.69. The molecule has 2 N–H and O–H groups in total. The van der Waals surface area contributed by atoms with Gasteiger partial charge in [0.25, 0.3) is 5.91 Å². The summed E-state index contributed by atoms with van der Waals surface area (Å²) in [6, 6.07) is 11.1. The molecule has 0 radical (unpaired) electrons. The van der Waals surface area contributed by atoms with Crippen LogP contribution in [-0.2, 0) is 13.1 Å². The summed E-state index contributed by atoms with van der Waals surface area (Å²) in [6.45, 7) is 0.477. The molecule has 4 rings (SSSR count). The largest absolute Gasteiger partial charge is 0.336 e. The van der Waals surface area contributed by atoms with Gasteiger partial charge in [0.05, 0.1) is 29.5 Å². The third-order valence-corrected chi connectivity index (χ3v) is 5.32. The Morgan fingerprint density at radius 2 is 2.10 bits per heavy atom. The molecule has 0 unspecified atom stereocenters. The molecule has 3 heterocycles. The van der Waals surface area contributed by atoms with Gasteiger partial charge in [-0.3, -0.25) is 10.1 Å². The number of carbonyl (C=O) groups is 2. The van der Waals surface area contributed by atoms with Crippen molar-refractivity contribution in [3.8, 4) is 0 Å². The molecule has 31 heavy (non-hydrogen) atoms. The Morgan fingerprint density at radius 1 is 1.23 bits per heavy atom. The number of pyridine rings is 1. The molecule has 4 aromatic rings. The van der Waals surface area contributed by atoms with E-state index in [-0.39, 0.29) is 24.8 Å². The number of hydrogen-bond donors (Lipinski definition) is 2. The number of benzene rings is 1. The van der Waals surface area contributed by atoms with Gasteiger partial charge in [0.1, 0.15) is 5.82 Å². The first-order valence-corrected chi connectivity index (χ1v) is 10.3. The summed E-state index contributed by atoms with van der Waals surface area (Å²) in [4.78, 5) is 30.8. The maximum absolute atomic E-state index is 13.2. The van der Waals surface area contributed by atoms with Crippen LogP contribution in [-0.4, -0.2) is 38.5 Å². The van der Waals surface area contributed by atoms with Gasteiger partial charge in [0.2, 0.25) is 0 Å². The number of thiazole rings is 1. The zero-order valence-electron chi connectivity index (χ0n) is 16.6. The Balaban J connectivity index is 1.33. The van der Waals surface area contributed by atoms with E-state index in [2.05, 4.69) is 20.7 Å². The number of nitrogens with zero attached hydrogens (tertiary/aromatic N) is 4. The molecule has 0 aliphatic rings. The van der Waals surface area contributed by atoms with Crippen molar-refractivity contribution in [1.82, 2.24) is 24.8 Å². The molecule has 0 bridgehead atoms. The van der Waals surface area contributed by atoms with Crippen LogP contribution in [0.25, 0.3) is 5.52 Å². The van der Waals surface area contributed by atoms with Crippen molar-refractivity contribution in [1.29, 1.82) is 0 Å². The van der Waals surface area contributed by atoms with E-state index >= 15 is 0 Å². The lowest BCUT2D eigenvalue weighted by molar-refractivity contribution is 0.0785. The average molecular weight is 438 g/mol. The Bertz CT molecular complexity index is 1240. The monoisotopic (exact) mass is 438 g/mol. The Labute approximate surface area is 181 Å². The summed E-state index contributed by atoms with van der Waals surface area (Å²) >= 11 is 1.26. The lowest BCUT2D eigenvalue weighted by Crippen LogP contribution is -2.28. The molecule has 0 aliphatic heterocycles. The lowest BCUT2D eigenvalue weighted by Gasteiger charge is -2.15. The molecule has 3 aromatic heterocycles. The second-order valence-electron chi connectivity index (χ2n) is 6.83. The number of anilines is 1. The van der Waals surface area contributed by atoms with Crippen molar-refractivity contribution < 1.29 is 14.0 Å². The fourth-order valence-electron chi connectivity index (χ4n) is 3.03. The van der Waals surface area contributed by atoms with Crippen LogP contribution in [0.3, 0.4) is 0 Å². The molecule has 0 spiro atoms. The second kappa shape index (κ2) is 8.92. The van der Waals surface area contributed by atoms with Gasteiger partial charge in [-0.15, -0.1) is 11.3 Å². The number of amides is 3. The number of aromatic nitrogens is 3. The normalized spacial score (nSPS) is 10.8. The van der Waals surface area contributed by atoms with E-state index in [1.165, 1.54) is 23.5 Å². The molecule has 0 saturated heterocycles. The minimum absolute atomic E-state index is 0.170. The molecule has 0 fully saturated rings. The Morgan fingerprint density at radius 3 is 2.94 bits per heavy atom. The van der Waals surface area contributed by atoms with E-state index in [9.17, 15) is 14.0 Å². The summed E-state index contributed by atoms with van der Waals surface area (Å²) in [5.74, 6) is -0.524. The smallest absolute Gasteiger partial charge is 0.321 e. The fourth-order valence-corrected chi connectivity index (χ4v) is 3.72. The van der Waals surface area contributed by atoms with E-state index in [1.807, 2.05) is 18.2 Å². The van der Waals surface area contributed by atoms with Crippen molar-refractivity contribution in [2.45, 2.75) is 13.1 Å². The summed E-state index contributed by atoms with van der Waals surface area (Å²) in [6.07, 6.45) is 3.33. The van der Waals surface area contributed by atoms with Crippen LogP contribution >= 0.6 is 11.3 Å². The molecule has 158 valence electrons. The molecule has 8 nitrogen and oxygen atoms in total. The van der Waals surface area contributed by atoms with Crippen molar-refractivity contribution >= 4 is 33.9 Å². The van der Waals surface area contributed by atoms with Gasteiger partial charge in [0.15, 0.2) is 5.13 Å². The summed E-state index contributed by atoms with van der Waals surface area (Å²) in [7, 11) is 1.69. The zero-order valence-corrected chi connectivity index (χ0v) is 17.4. The predicted octanol–water partition coefficient (Wildman–Crippen LogP) is 3.52. The first kappa shape index (κ1) is 20.5. The molecule has 0 aliphatic carbocycles. The quantitative estimate of drug-likeness (QED) is 0.482. The number of carbonyl (C=O) groups excluding carboxylic acids is 2.